The smallest absolute Gasteiger partial charge is 0.462 e. The summed E-state index contributed by atoms with van der Waals surface area (Å²) in [4.78, 5) is 72.9. The van der Waals surface area contributed by atoms with E-state index in [0.717, 1.165) is 154 Å². The van der Waals surface area contributed by atoms with Crippen LogP contribution in [0, 0.1) is 0 Å². The van der Waals surface area contributed by atoms with E-state index in [2.05, 4.69) is 88.5 Å². The third-order valence-electron chi connectivity index (χ3n) is 17.0. The first-order chi connectivity index (χ1) is 47.7. The van der Waals surface area contributed by atoms with Crippen molar-refractivity contribution in [3.63, 3.8) is 0 Å². The van der Waals surface area contributed by atoms with Crippen LogP contribution < -0.4 is 0 Å². The Morgan fingerprint density at radius 3 is 0.786 bits per heavy atom. The number of allylic oxidation sites excluding steroid dienone is 10. The van der Waals surface area contributed by atoms with Crippen molar-refractivity contribution in [2.75, 3.05) is 39.6 Å². The fourth-order valence-corrected chi connectivity index (χ4v) is 12.4. The van der Waals surface area contributed by atoms with Gasteiger partial charge >= 0.3 is 39.5 Å². The SMILES string of the molecule is CCCCC/C=C\C/C=C\CCCCCCCC(=O)OCC(COP(=O)(O)OCC(O)COP(=O)(O)OCC(COC(=O)CCCCCCC/C=C\C/C=C\CCCCC)OC(=O)CCCCCCCCCCCCCCC)OC(=O)CCCCCCC/C=C\CCCCCCCC. The maximum absolute atomic E-state index is 13.1. The first-order valence-electron chi connectivity index (χ1n) is 39.5. The molecule has 0 rings (SSSR count). The third kappa shape index (κ3) is 71.2. The Kier molecular flexibility index (Phi) is 69.7. The molecule has 0 bridgehead atoms. The maximum atomic E-state index is 13.1. The molecule has 0 aromatic heterocycles. The Bertz CT molecular complexity index is 2100. The van der Waals surface area contributed by atoms with Crippen molar-refractivity contribution in [1.29, 1.82) is 0 Å². The summed E-state index contributed by atoms with van der Waals surface area (Å²) in [6.07, 6.45) is 70.5. The standard InChI is InChI=1S/C79H144O17P2/c1-5-9-13-17-21-25-29-33-36-40-43-47-51-55-59-63-76(81)89-69-74(95-78(83)65-61-57-53-49-45-39-32-28-24-20-16-12-8-4)71-93-97(85,86)91-67-73(80)68-92-98(87,88)94-72-75(96-79(84)66-62-58-54-50-46-42-38-35-31-27-23-19-15-11-7-3)70-90-77(82)64-60-56-52-48-44-41-37-34-30-26-22-18-14-10-6-2/h21-22,25-26,33-38,73-75,80H,5-20,23-24,27-32,39-72H2,1-4H3,(H,85,86)(H,87,88)/b25-21-,26-22-,36-33-,37-34-,38-35-. The van der Waals surface area contributed by atoms with E-state index in [4.69, 9.17) is 37.0 Å². The number of esters is 4. The molecule has 0 aromatic rings. The zero-order valence-electron chi connectivity index (χ0n) is 62.5. The molecule has 0 saturated carbocycles. The Hall–Kier alpha value is -3.24. The van der Waals surface area contributed by atoms with Gasteiger partial charge in [0.2, 0.25) is 0 Å². The lowest BCUT2D eigenvalue weighted by Gasteiger charge is -2.21. The quantitative estimate of drug-likeness (QED) is 0.0169. The lowest BCUT2D eigenvalue weighted by atomic mass is 10.0. The fourth-order valence-electron chi connectivity index (χ4n) is 10.9. The van der Waals surface area contributed by atoms with Crippen LogP contribution in [-0.4, -0.2) is 96.7 Å². The van der Waals surface area contributed by atoms with E-state index >= 15 is 0 Å². The van der Waals surface area contributed by atoms with Crippen LogP contribution in [0.5, 0.6) is 0 Å². The van der Waals surface area contributed by atoms with Crippen molar-refractivity contribution in [3.8, 4) is 0 Å². The number of rotatable bonds is 75. The molecule has 5 unspecified atom stereocenters. The monoisotopic (exact) mass is 1430 g/mol. The first-order valence-corrected chi connectivity index (χ1v) is 42.5. The van der Waals surface area contributed by atoms with Crippen LogP contribution in [0.4, 0.5) is 0 Å². The molecule has 0 radical (unpaired) electrons. The van der Waals surface area contributed by atoms with E-state index in [9.17, 15) is 43.2 Å². The molecule has 3 N–H and O–H groups in total. The zero-order valence-corrected chi connectivity index (χ0v) is 64.3. The molecule has 0 aliphatic heterocycles. The van der Waals surface area contributed by atoms with Gasteiger partial charge in [0.25, 0.3) is 0 Å². The zero-order chi connectivity index (χ0) is 71.8. The first kappa shape index (κ1) is 94.8. The van der Waals surface area contributed by atoms with Crippen LogP contribution in [0.3, 0.4) is 0 Å². The normalized spacial score (nSPS) is 14.2. The summed E-state index contributed by atoms with van der Waals surface area (Å²) in [7, 11) is -9.94. The van der Waals surface area contributed by atoms with Gasteiger partial charge in [0.15, 0.2) is 12.2 Å². The Morgan fingerprint density at radius 1 is 0.286 bits per heavy atom. The average Bonchev–Trinajstić information content (AvgIpc) is 1.04. The molecule has 0 heterocycles. The average molecular weight is 1430 g/mol. The van der Waals surface area contributed by atoms with E-state index in [1.54, 1.807) is 0 Å². The van der Waals surface area contributed by atoms with Gasteiger partial charge in [-0.3, -0.25) is 37.3 Å². The van der Waals surface area contributed by atoms with Crippen LogP contribution in [0.1, 0.15) is 362 Å². The van der Waals surface area contributed by atoms with Gasteiger partial charge in [-0.25, -0.2) is 9.13 Å². The molecule has 0 aliphatic carbocycles. The minimum absolute atomic E-state index is 0.0858. The Balaban J connectivity index is 5.34. The second-order valence-electron chi connectivity index (χ2n) is 26.7. The van der Waals surface area contributed by atoms with Crippen molar-refractivity contribution in [2.45, 2.75) is 380 Å². The molecular weight excluding hydrogens is 1280 g/mol. The van der Waals surface area contributed by atoms with Crippen LogP contribution in [0.15, 0.2) is 60.8 Å². The molecule has 0 aromatic carbocycles. The number of ether oxygens (including phenoxy) is 4. The number of aliphatic hydroxyl groups excluding tert-OH is 1. The number of phosphoric acid groups is 2. The number of unbranched alkanes of at least 4 members (excludes halogenated alkanes) is 39. The number of carbonyl (C=O) groups is 4. The summed E-state index contributed by atoms with van der Waals surface area (Å²) < 4.78 is 68.5. The Morgan fingerprint density at radius 2 is 0.500 bits per heavy atom. The molecule has 19 heteroatoms. The van der Waals surface area contributed by atoms with E-state index in [0.29, 0.717) is 25.7 Å². The number of carbonyl (C=O) groups excluding carboxylic acids is 4. The second-order valence-corrected chi connectivity index (χ2v) is 29.6. The molecular formula is C79H144O17P2. The molecule has 0 aliphatic rings. The molecule has 0 amide bonds. The van der Waals surface area contributed by atoms with Gasteiger partial charge in [0, 0.05) is 25.7 Å². The van der Waals surface area contributed by atoms with Crippen molar-refractivity contribution >= 4 is 39.5 Å². The second kappa shape index (κ2) is 72.1. The summed E-state index contributed by atoms with van der Waals surface area (Å²) in [6, 6.07) is 0. The van der Waals surface area contributed by atoms with Crippen LogP contribution in [-0.2, 0) is 65.4 Å². The van der Waals surface area contributed by atoms with Gasteiger partial charge in [0.1, 0.15) is 19.3 Å². The van der Waals surface area contributed by atoms with Gasteiger partial charge in [0.05, 0.1) is 26.4 Å². The van der Waals surface area contributed by atoms with Crippen LogP contribution in [0.25, 0.3) is 0 Å². The molecule has 98 heavy (non-hydrogen) atoms. The minimum Gasteiger partial charge on any atom is -0.462 e. The largest absolute Gasteiger partial charge is 0.472 e. The number of phosphoric ester groups is 2. The van der Waals surface area contributed by atoms with Gasteiger partial charge < -0.3 is 33.8 Å². The summed E-state index contributed by atoms with van der Waals surface area (Å²) in [5, 5.41) is 10.6. The van der Waals surface area contributed by atoms with Crippen LogP contribution in [0.2, 0.25) is 0 Å². The highest BCUT2D eigenvalue weighted by Crippen LogP contribution is 2.45. The topological polar surface area (TPSA) is 237 Å². The summed E-state index contributed by atoms with van der Waals surface area (Å²) in [6.45, 7) is 4.84. The maximum Gasteiger partial charge on any atom is 0.472 e. The van der Waals surface area contributed by atoms with Gasteiger partial charge in [-0.1, -0.05) is 281 Å². The summed E-state index contributed by atoms with van der Waals surface area (Å²) in [5.41, 5.74) is 0. The number of hydrogen-bond donors (Lipinski definition) is 3. The lowest BCUT2D eigenvalue weighted by Crippen LogP contribution is -2.30. The van der Waals surface area contributed by atoms with Crippen molar-refractivity contribution < 1.29 is 80.2 Å². The summed E-state index contributed by atoms with van der Waals surface area (Å²) >= 11 is 0. The molecule has 5 atom stereocenters. The highest BCUT2D eigenvalue weighted by molar-refractivity contribution is 7.47. The van der Waals surface area contributed by atoms with Crippen molar-refractivity contribution in [1.82, 2.24) is 0 Å². The van der Waals surface area contributed by atoms with Gasteiger partial charge in [-0.15, -0.1) is 0 Å². The van der Waals surface area contributed by atoms with E-state index < -0.39 is 97.5 Å². The van der Waals surface area contributed by atoms with Crippen molar-refractivity contribution in [3.05, 3.63) is 60.8 Å². The molecule has 572 valence electrons. The number of hydrogen-bond acceptors (Lipinski definition) is 15. The predicted octanol–water partition coefficient (Wildman–Crippen LogP) is 22.7. The molecule has 0 spiro atoms. The van der Waals surface area contributed by atoms with E-state index in [1.165, 1.54) is 128 Å². The lowest BCUT2D eigenvalue weighted by molar-refractivity contribution is -0.161. The number of aliphatic hydroxyl groups is 1. The summed E-state index contributed by atoms with van der Waals surface area (Å²) in [5.74, 6) is -2.18. The highest BCUT2D eigenvalue weighted by atomic mass is 31.2. The third-order valence-corrected chi connectivity index (χ3v) is 18.9. The fraction of sp³-hybridized carbons (Fsp3) is 0.823. The van der Waals surface area contributed by atoms with Gasteiger partial charge in [-0.05, 0) is 116 Å². The van der Waals surface area contributed by atoms with E-state index in [1.807, 2.05) is 0 Å². The minimum atomic E-state index is -4.97. The Labute approximate surface area is 597 Å². The molecule has 0 saturated heterocycles. The van der Waals surface area contributed by atoms with Gasteiger partial charge in [-0.2, -0.15) is 0 Å². The van der Waals surface area contributed by atoms with Crippen LogP contribution >= 0.6 is 15.6 Å². The molecule has 17 nitrogen and oxygen atoms in total. The highest BCUT2D eigenvalue weighted by Gasteiger charge is 2.30. The van der Waals surface area contributed by atoms with E-state index in [-0.39, 0.29) is 25.7 Å². The molecule has 0 fully saturated rings. The van der Waals surface area contributed by atoms with Crippen molar-refractivity contribution in [2.24, 2.45) is 0 Å². The predicted molar refractivity (Wildman–Crippen MR) is 400 cm³/mol.